The summed E-state index contributed by atoms with van der Waals surface area (Å²) in [7, 11) is 5.85. The van der Waals surface area contributed by atoms with Gasteiger partial charge in [0.15, 0.2) is 11.5 Å². The zero-order valence-electron chi connectivity index (χ0n) is 18.3. The molecule has 1 heterocycles. The number of methoxy groups -OCH3 is 1. The van der Waals surface area contributed by atoms with Gasteiger partial charge in [-0.3, -0.25) is 0 Å². The molecule has 1 aromatic rings. The van der Waals surface area contributed by atoms with E-state index in [-0.39, 0.29) is 6.61 Å². The quantitative estimate of drug-likeness (QED) is 0.601. The molecule has 0 aromatic heterocycles. The van der Waals surface area contributed by atoms with Crippen molar-refractivity contribution in [2.24, 2.45) is 5.92 Å². The Labute approximate surface area is 170 Å². The summed E-state index contributed by atoms with van der Waals surface area (Å²) in [6.45, 7) is 9.33. The molecule has 1 aromatic carbocycles. The number of likely N-dealkylation sites (tertiary alicyclic amines) is 1. The Morgan fingerprint density at radius 1 is 1.25 bits per heavy atom. The maximum absolute atomic E-state index is 10.2. The molecule has 6 heteroatoms. The summed E-state index contributed by atoms with van der Waals surface area (Å²) in [5, 5.41) is 13.8. The van der Waals surface area contributed by atoms with Crippen LogP contribution in [0, 0.1) is 5.92 Å². The van der Waals surface area contributed by atoms with Gasteiger partial charge in [-0.2, -0.15) is 0 Å². The maximum atomic E-state index is 10.2. The van der Waals surface area contributed by atoms with Crippen molar-refractivity contribution < 1.29 is 14.6 Å². The van der Waals surface area contributed by atoms with E-state index in [9.17, 15) is 5.11 Å². The number of likely N-dealkylation sites (N-methyl/N-ethyl adjacent to an activating group) is 1. The Kier molecular flexibility index (Phi) is 9.51. The van der Waals surface area contributed by atoms with Crippen LogP contribution in [0.3, 0.4) is 0 Å². The number of hydrogen-bond acceptors (Lipinski definition) is 6. The van der Waals surface area contributed by atoms with Crippen LogP contribution in [0.1, 0.15) is 32.3 Å². The highest BCUT2D eigenvalue weighted by molar-refractivity contribution is 5.43. The first-order valence-electron chi connectivity index (χ1n) is 10.5. The average molecular weight is 394 g/mol. The van der Waals surface area contributed by atoms with Crippen LogP contribution in [0.5, 0.6) is 11.5 Å². The zero-order valence-corrected chi connectivity index (χ0v) is 18.3. The molecule has 0 unspecified atom stereocenters. The summed E-state index contributed by atoms with van der Waals surface area (Å²) in [6.07, 6.45) is 2.01. The van der Waals surface area contributed by atoms with Gasteiger partial charge in [0.05, 0.1) is 7.11 Å². The molecule has 0 saturated carbocycles. The molecule has 0 aliphatic carbocycles. The van der Waals surface area contributed by atoms with Crippen LogP contribution in [-0.2, 0) is 6.54 Å². The second-order valence-corrected chi connectivity index (χ2v) is 8.36. The first-order chi connectivity index (χ1) is 13.4. The van der Waals surface area contributed by atoms with E-state index in [4.69, 9.17) is 9.47 Å². The SMILES string of the molecule is COc1cc(CNCC2CCN(C)CC2)ccc1OC[C@H](O)CN(C)C(C)C. The molecule has 1 aliphatic rings. The highest BCUT2D eigenvalue weighted by Gasteiger charge is 2.16. The lowest BCUT2D eigenvalue weighted by atomic mass is 9.97. The van der Waals surface area contributed by atoms with Crippen LogP contribution in [0.2, 0.25) is 0 Å². The number of hydrogen-bond donors (Lipinski definition) is 2. The van der Waals surface area contributed by atoms with E-state index in [1.54, 1.807) is 7.11 Å². The van der Waals surface area contributed by atoms with Gasteiger partial charge < -0.3 is 29.7 Å². The van der Waals surface area contributed by atoms with Crippen molar-refractivity contribution in [1.82, 2.24) is 15.1 Å². The lowest BCUT2D eigenvalue weighted by molar-refractivity contribution is 0.0668. The first kappa shape index (κ1) is 22.9. The third-order valence-corrected chi connectivity index (χ3v) is 5.64. The molecule has 1 aliphatic heterocycles. The summed E-state index contributed by atoms with van der Waals surface area (Å²) in [5.74, 6) is 2.15. The van der Waals surface area contributed by atoms with Crippen LogP contribution in [-0.4, -0.2) is 81.0 Å². The number of aliphatic hydroxyl groups is 1. The van der Waals surface area contributed by atoms with Gasteiger partial charge in [0, 0.05) is 19.1 Å². The fraction of sp³-hybridized carbons (Fsp3) is 0.727. The van der Waals surface area contributed by atoms with E-state index in [0.717, 1.165) is 19.0 Å². The minimum Gasteiger partial charge on any atom is -0.493 e. The second-order valence-electron chi connectivity index (χ2n) is 8.36. The predicted molar refractivity (Wildman–Crippen MR) is 114 cm³/mol. The molecule has 6 nitrogen and oxygen atoms in total. The molecule has 1 fully saturated rings. The van der Waals surface area contributed by atoms with E-state index in [0.29, 0.717) is 24.1 Å². The fourth-order valence-electron chi connectivity index (χ4n) is 3.41. The topological polar surface area (TPSA) is 57.2 Å². The molecule has 2 N–H and O–H groups in total. The van der Waals surface area contributed by atoms with Gasteiger partial charge in [0.25, 0.3) is 0 Å². The Morgan fingerprint density at radius 2 is 1.96 bits per heavy atom. The zero-order chi connectivity index (χ0) is 20.5. The summed E-state index contributed by atoms with van der Waals surface area (Å²) in [4.78, 5) is 4.50. The summed E-state index contributed by atoms with van der Waals surface area (Å²) in [6, 6.07) is 6.41. The van der Waals surface area contributed by atoms with Gasteiger partial charge in [-0.25, -0.2) is 0 Å². The van der Waals surface area contributed by atoms with E-state index in [1.807, 2.05) is 19.2 Å². The number of piperidine rings is 1. The van der Waals surface area contributed by atoms with Crippen molar-refractivity contribution in [3.63, 3.8) is 0 Å². The van der Waals surface area contributed by atoms with Crippen LogP contribution < -0.4 is 14.8 Å². The fourth-order valence-corrected chi connectivity index (χ4v) is 3.41. The Hall–Kier alpha value is -1.34. The Balaban J connectivity index is 1.79. The number of benzene rings is 1. The molecule has 0 bridgehead atoms. The van der Waals surface area contributed by atoms with E-state index >= 15 is 0 Å². The van der Waals surface area contributed by atoms with Crippen molar-refractivity contribution in [1.29, 1.82) is 0 Å². The van der Waals surface area contributed by atoms with Crippen LogP contribution in [0.25, 0.3) is 0 Å². The Morgan fingerprint density at radius 3 is 2.61 bits per heavy atom. The molecule has 1 saturated heterocycles. The molecule has 1 atom stereocenters. The predicted octanol–water partition coefficient (Wildman–Crippen LogP) is 2.21. The van der Waals surface area contributed by atoms with Crippen molar-refractivity contribution >= 4 is 0 Å². The summed E-state index contributed by atoms with van der Waals surface area (Å²) >= 11 is 0. The number of nitrogens with one attached hydrogen (secondary N) is 1. The molecular formula is C22H39N3O3. The summed E-state index contributed by atoms with van der Waals surface area (Å²) in [5.41, 5.74) is 1.18. The Bertz CT molecular complexity index is 574. The molecule has 2 rings (SSSR count). The summed E-state index contributed by atoms with van der Waals surface area (Å²) < 4.78 is 11.3. The van der Waals surface area contributed by atoms with Gasteiger partial charge in [-0.05, 0) is 84.0 Å². The van der Waals surface area contributed by atoms with Gasteiger partial charge in [0.2, 0.25) is 0 Å². The van der Waals surface area contributed by atoms with E-state index in [2.05, 4.69) is 42.1 Å². The third-order valence-electron chi connectivity index (χ3n) is 5.64. The number of ether oxygens (including phenoxy) is 2. The lowest BCUT2D eigenvalue weighted by Gasteiger charge is -2.29. The van der Waals surface area contributed by atoms with Crippen molar-refractivity contribution in [3.8, 4) is 11.5 Å². The standard InChI is InChI=1S/C22H39N3O3/c1-17(2)25(4)15-20(26)16-28-21-7-6-19(12-22(21)27-5)14-23-13-18-8-10-24(3)11-9-18/h6-7,12,17-18,20,23,26H,8-11,13-16H2,1-5H3/t20-/m1/s1. The monoisotopic (exact) mass is 393 g/mol. The van der Waals surface area contributed by atoms with Crippen LogP contribution in [0.15, 0.2) is 18.2 Å². The second kappa shape index (κ2) is 11.6. The van der Waals surface area contributed by atoms with Crippen molar-refractivity contribution in [2.75, 3.05) is 54.0 Å². The molecule has 28 heavy (non-hydrogen) atoms. The number of aliphatic hydroxyl groups excluding tert-OH is 1. The number of nitrogens with zero attached hydrogens (tertiary/aromatic N) is 2. The van der Waals surface area contributed by atoms with Crippen LogP contribution >= 0.6 is 0 Å². The first-order valence-corrected chi connectivity index (χ1v) is 10.5. The van der Waals surface area contributed by atoms with Gasteiger partial charge >= 0.3 is 0 Å². The highest BCUT2D eigenvalue weighted by atomic mass is 16.5. The highest BCUT2D eigenvalue weighted by Crippen LogP contribution is 2.28. The van der Waals surface area contributed by atoms with Gasteiger partial charge in [0.1, 0.15) is 12.7 Å². The largest absolute Gasteiger partial charge is 0.493 e. The minimum absolute atomic E-state index is 0.251. The van der Waals surface area contributed by atoms with Gasteiger partial charge in [-0.15, -0.1) is 0 Å². The van der Waals surface area contributed by atoms with Gasteiger partial charge in [-0.1, -0.05) is 6.07 Å². The average Bonchev–Trinajstić information content (AvgIpc) is 2.68. The molecule has 0 radical (unpaired) electrons. The molecule has 0 spiro atoms. The van der Waals surface area contributed by atoms with E-state index < -0.39 is 6.10 Å². The molecular weight excluding hydrogens is 354 g/mol. The normalized spacial score (nSPS) is 17.3. The minimum atomic E-state index is -0.534. The van der Waals surface area contributed by atoms with Crippen molar-refractivity contribution in [2.45, 2.75) is 45.4 Å². The molecule has 160 valence electrons. The van der Waals surface area contributed by atoms with Crippen LogP contribution in [0.4, 0.5) is 0 Å². The third kappa shape index (κ3) is 7.59. The molecule has 0 amide bonds. The van der Waals surface area contributed by atoms with E-state index in [1.165, 1.54) is 31.5 Å². The van der Waals surface area contributed by atoms with Crippen molar-refractivity contribution in [3.05, 3.63) is 23.8 Å². The number of rotatable bonds is 11. The maximum Gasteiger partial charge on any atom is 0.161 e. The smallest absolute Gasteiger partial charge is 0.161 e. The lowest BCUT2D eigenvalue weighted by Crippen LogP contribution is -2.37.